The summed E-state index contributed by atoms with van der Waals surface area (Å²) in [5.41, 5.74) is 0.159. The summed E-state index contributed by atoms with van der Waals surface area (Å²) in [5, 5.41) is 0. The molecule has 1 atom stereocenters. The van der Waals surface area contributed by atoms with Gasteiger partial charge in [0.05, 0.1) is 11.1 Å². The van der Waals surface area contributed by atoms with Gasteiger partial charge >= 0.3 is 0 Å². The minimum Gasteiger partial charge on any atom is -0.405 e. The van der Waals surface area contributed by atoms with Gasteiger partial charge in [-0.1, -0.05) is 19.6 Å². The Morgan fingerprint density at radius 3 is 1.35 bits per heavy atom. The standard InChI is InChI=1S/C14H36N3PSi2/c1-13(2,3)17(14(4,5)6)18(15-19(7,8)9)16-20(10,11)12/h1-12H3. The monoisotopic (exact) mass is 333 g/mol. The molecule has 20 heavy (non-hydrogen) atoms. The summed E-state index contributed by atoms with van der Waals surface area (Å²) in [5.74, 6) is 0. The maximum atomic E-state index is 5.23. The minimum atomic E-state index is -1.50. The summed E-state index contributed by atoms with van der Waals surface area (Å²) in [4.78, 5) is 0. The van der Waals surface area contributed by atoms with Crippen LogP contribution in [-0.2, 0) is 0 Å². The first-order valence-electron chi connectivity index (χ1n) is 7.49. The van der Waals surface area contributed by atoms with E-state index in [1.54, 1.807) is 0 Å². The molecule has 0 radical (unpaired) electrons. The molecule has 0 aliphatic rings. The molecule has 0 N–H and O–H groups in total. The quantitative estimate of drug-likeness (QED) is 0.431. The van der Waals surface area contributed by atoms with Crippen LogP contribution in [0, 0.1) is 0 Å². The van der Waals surface area contributed by atoms with Gasteiger partial charge in [0, 0.05) is 0 Å². The largest absolute Gasteiger partial charge is 0.405 e. The highest BCUT2D eigenvalue weighted by Crippen LogP contribution is 2.51. The predicted octanol–water partition coefficient (Wildman–Crippen LogP) is 6.42. The van der Waals surface area contributed by atoms with Gasteiger partial charge in [-0.05, 0) is 69.4 Å². The molecule has 0 amide bonds. The molecule has 0 aromatic heterocycles. The Labute approximate surface area is 130 Å². The maximum absolute atomic E-state index is 5.23. The van der Waals surface area contributed by atoms with Crippen LogP contribution in [0.15, 0.2) is 4.41 Å². The summed E-state index contributed by atoms with van der Waals surface area (Å²) in [6.07, 6.45) is 0. The Kier molecular flexibility index (Phi) is 6.43. The zero-order chi connectivity index (χ0) is 16.6. The van der Waals surface area contributed by atoms with E-state index in [0.29, 0.717) is 0 Å². The first-order chi connectivity index (χ1) is 8.43. The second-order valence-electron chi connectivity index (χ2n) is 9.46. The van der Waals surface area contributed by atoms with Crippen molar-refractivity contribution in [3.8, 4) is 0 Å². The van der Waals surface area contributed by atoms with Crippen molar-refractivity contribution < 1.29 is 0 Å². The van der Waals surface area contributed by atoms with Crippen molar-refractivity contribution in [1.29, 1.82) is 0 Å². The third-order valence-corrected chi connectivity index (χ3v) is 10.0. The van der Waals surface area contributed by atoms with E-state index >= 15 is 0 Å². The fourth-order valence-electron chi connectivity index (χ4n) is 2.19. The van der Waals surface area contributed by atoms with E-state index in [1.807, 2.05) is 0 Å². The lowest BCUT2D eigenvalue weighted by atomic mass is 10.0. The molecule has 0 spiro atoms. The lowest BCUT2D eigenvalue weighted by Crippen LogP contribution is -2.48. The van der Waals surface area contributed by atoms with Gasteiger partial charge in [0.15, 0.2) is 0 Å². The number of hydrogen-bond acceptors (Lipinski definition) is 1. The van der Waals surface area contributed by atoms with Gasteiger partial charge in [0.25, 0.3) is 0 Å². The maximum Gasteiger partial charge on any atom is 0.230 e. The number of hydrogen-bond donors (Lipinski definition) is 0. The van der Waals surface area contributed by atoms with E-state index in [2.05, 4.69) is 85.5 Å². The van der Waals surface area contributed by atoms with Crippen molar-refractivity contribution >= 4 is 24.5 Å². The second kappa shape index (κ2) is 6.29. The van der Waals surface area contributed by atoms with Gasteiger partial charge in [-0.25, -0.2) is 0 Å². The molecule has 0 aliphatic heterocycles. The Hall–Kier alpha value is 0.454. The smallest absolute Gasteiger partial charge is 0.230 e. The Bertz CT molecular complexity index is 341. The molecule has 0 saturated heterocycles. The summed E-state index contributed by atoms with van der Waals surface area (Å²) >= 11 is 0. The molecule has 0 rings (SSSR count). The molecule has 1 unspecified atom stereocenters. The predicted molar refractivity (Wildman–Crippen MR) is 101 cm³/mol. The van der Waals surface area contributed by atoms with E-state index in [9.17, 15) is 0 Å². The number of nitrogens with zero attached hydrogens (tertiary/aromatic N) is 3. The van der Waals surface area contributed by atoms with Crippen molar-refractivity contribution in [3.63, 3.8) is 0 Å². The highest BCUT2D eigenvalue weighted by Gasteiger charge is 2.41. The van der Waals surface area contributed by atoms with E-state index in [0.717, 1.165) is 0 Å². The zero-order valence-corrected chi connectivity index (χ0v) is 18.7. The second-order valence-corrected chi connectivity index (χ2v) is 20.7. The lowest BCUT2D eigenvalue weighted by Gasteiger charge is -2.43. The Morgan fingerprint density at radius 1 is 0.800 bits per heavy atom. The normalized spacial score (nSPS) is 15.9. The molecule has 0 aliphatic carbocycles. The van der Waals surface area contributed by atoms with Crippen LogP contribution in [0.4, 0.5) is 0 Å². The first kappa shape index (κ1) is 20.5. The topological polar surface area (TPSA) is 29.7 Å². The van der Waals surface area contributed by atoms with Gasteiger partial charge in [0.1, 0.15) is 0 Å². The average Bonchev–Trinajstić information content (AvgIpc) is 1.87. The highest BCUT2D eigenvalue weighted by atomic mass is 31.1. The molecular formula is C14H36N3PSi2. The van der Waals surface area contributed by atoms with E-state index < -0.39 is 24.5 Å². The van der Waals surface area contributed by atoms with Crippen LogP contribution in [0.2, 0.25) is 39.3 Å². The molecule has 120 valence electrons. The van der Waals surface area contributed by atoms with Crippen LogP contribution in [0.3, 0.4) is 0 Å². The van der Waals surface area contributed by atoms with Crippen molar-refractivity contribution in [2.45, 2.75) is 91.9 Å². The fraction of sp³-hybridized carbons (Fsp3) is 1.00. The minimum absolute atomic E-state index is 0.0796. The summed E-state index contributed by atoms with van der Waals surface area (Å²) in [6, 6.07) is 0. The molecule has 0 saturated carbocycles. The van der Waals surface area contributed by atoms with Crippen molar-refractivity contribution in [3.05, 3.63) is 4.75 Å². The van der Waals surface area contributed by atoms with E-state index in [1.165, 1.54) is 0 Å². The van der Waals surface area contributed by atoms with Crippen LogP contribution in [0.5, 0.6) is 0 Å². The molecule has 0 bridgehead atoms. The summed E-state index contributed by atoms with van der Waals surface area (Å²) in [7, 11) is -3.77. The first-order valence-corrected chi connectivity index (χ1v) is 15.6. The van der Waals surface area contributed by atoms with Crippen LogP contribution >= 0.6 is 8.01 Å². The molecule has 0 aromatic rings. The lowest BCUT2D eigenvalue weighted by molar-refractivity contribution is 0.151. The van der Waals surface area contributed by atoms with Gasteiger partial charge in [-0.3, -0.25) is 0 Å². The average molecular weight is 334 g/mol. The van der Waals surface area contributed by atoms with Crippen molar-refractivity contribution in [1.82, 2.24) is 4.67 Å². The Balaban J connectivity index is 5.88. The zero-order valence-electron chi connectivity index (χ0n) is 15.8. The van der Waals surface area contributed by atoms with Crippen molar-refractivity contribution in [2.75, 3.05) is 0 Å². The fourth-order valence-corrected chi connectivity index (χ4v) is 8.85. The molecule has 0 fully saturated rings. The number of rotatable bonds is 4. The van der Waals surface area contributed by atoms with Gasteiger partial charge in [-0.2, -0.15) is 4.41 Å². The third-order valence-electron chi connectivity index (χ3n) is 2.23. The molecular weight excluding hydrogens is 297 g/mol. The van der Waals surface area contributed by atoms with Gasteiger partial charge in [-0.15, -0.1) is 4.67 Å². The van der Waals surface area contributed by atoms with E-state index in [4.69, 9.17) is 9.16 Å². The van der Waals surface area contributed by atoms with Crippen LogP contribution in [0.1, 0.15) is 41.5 Å². The summed E-state index contributed by atoms with van der Waals surface area (Å²) in [6.45, 7) is 27.6. The van der Waals surface area contributed by atoms with Crippen molar-refractivity contribution in [2.24, 2.45) is 4.41 Å². The molecule has 0 aromatic carbocycles. The summed E-state index contributed by atoms with van der Waals surface area (Å²) < 4.78 is 13.0. The molecule has 6 heteroatoms. The molecule has 0 heterocycles. The third kappa shape index (κ3) is 8.03. The van der Waals surface area contributed by atoms with Gasteiger partial charge in [0.2, 0.25) is 16.3 Å². The SMILES string of the molecule is CC(C)(C)N([P+](=N[Si](C)(C)C)[N-][Si](C)(C)C)C(C)(C)C. The highest BCUT2D eigenvalue weighted by molar-refractivity contribution is 7.53. The Morgan fingerprint density at radius 2 is 1.15 bits per heavy atom. The van der Waals surface area contributed by atoms with Crippen LogP contribution < -0.4 is 0 Å². The van der Waals surface area contributed by atoms with E-state index in [-0.39, 0.29) is 11.1 Å². The molecule has 3 nitrogen and oxygen atoms in total. The van der Waals surface area contributed by atoms with Crippen LogP contribution in [-0.4, -0.2) is 32.2 Å². The van der Waals surface area contributed by atoms with Crippen LogP contribution in [0.25, 0.3) is 4.75 Å². The van der Waals surface area contributed by atoms with Gasteiger partial charge < -0.3 is 4.75 Å².